The summed E-state index contributed by atoms with van der Waals surface area (Å²) in [5, 5.41) is 10.3. The van der Waals surface area contributed by atoms with Gasteiger partial charge in [-0.15, -0.1) is 0 Å². The van der Waals surface area contributed by atoms with Crippen LogP contribution in [0.15, 0.2) is 77.6 Å². The zero-order valence-electron chi connectivity index (χ0n) is 23.1. The van der Waals surface area contributed by atoms with Crippen molar-refractivity contribution in [2.75, 3.05) is 6.61 Å². The van der Waals surface area contributed by atoms with Gasteiger partial charge in [0.05, 0.1) is 24.4 Å². The number of rotatable bonds is 6. The highest BCUT2D eigenvalue weighted by Crippen LogP contribution is 2.35. The minimum absolute atomic E-state index is 0.0115. The highest BCUT2D eigenvalue weighted by molar-refractivity contribution is 5.96. The number of nitrogens with zero attached hydrogens (tertiary/aromatic N) is 2. The van der Waals surface area contributed by atoms with Gasteiger partial charge in [-0.1, -0.05) is 54.1 Å². The predicted octanol–water partition coefficient (Wildman–Crippen LogP) is 7.40. The lowest BCUT2D eigenvalue weighted by Crippen LogP contribution is -2.29. The average Bonchev–Trinajstić information content (AvgIpc) is 3.38. The smallest absolute Gasteiger partial charge is 0.417 e. The normalized spacial score (nSPS) is 11.5. The molecule has 0 aliphatic heterocycles. The van der Waals surface area contributed by atoms with E-state index in [0.29, 0.717) is 22.3 Å². The van der Waals surface area contributed by atoms with Gasteiger partial charge in [-0.3, -0.25) is 4.79 Å². The van der Waals surface area contributed by atoms with E-state index in [0.717, 1.165) is 33.7 Å². The van der Waals surface area contributed by atoms with E-state index in [2.05, 4.69) is 4.98 Å². The lowest BCUT2D eigenvalue weighted by Gasteiger charge is -2.19. The molecule has 2 aromatic heterocycles. The van der Waals surface area contributed by atoms with Crippen molar-refractivity contribution in [3.63, 3.8) is 0 Å². The van der Waals surface area contributed by atoms with Gasteiger partial charge in [0.2, 0.25) is 0 Å². The van der Waals surface area contributed by atoms with Crippen molar-refractivity contribution in [2.45, 2.75) is 33.5 Å². The minimum Gasteiger partial charge on any atom is -0.461 e. The van der Waals surface area contributed by atoms with Gasteiger partial charge in [0, 0.05) is 10.9 Å². The summed E-state index contributed by atoms with van der Waals surface area (Å²) in [5.41, 5.74) is 2.26. The van der Waals surface area contributed by atoms with Gasteiger partial charge in [0.15, 0.2) is 0 Å². The van der Waals surface area contributed by atoms with Crippen LogP contribution >= 0.6 is 0 Å². The van der Waals surface area contributed by atoms with Gasteiger partial charge in [0.25, 0.3) is 5.56 Å². The number of hydrogen-bond donors (Lipinski definition) is 1. The van der Waals surface area contributed by atoms with Crippen molar-refractivity contribution in [3.8, 4) is 28.5 Å². The van der Waals surface area contributed by atoms with Crippen LogP contribution in [-0.2, 0) is 17.5 Å². The van der Waals surface area contributed by atoms with E-state index < -0.39 is 28.8 Å². The topological polar surface area (TPSA) is 87.9 Å². The van der Waals surface area contributed by atoms with Gasteiger partial charge < -0.3 is 14.3 Å². The number of aryl methyl sites for hydroxylation is 2. The first-order chi connectivity index (χ1) is 20.0. The van der Waals surface area contributed by atoms with E-state index >= 15 is 0 Å². The number of carbonyl (C=O) groups excluding carboxylic acids is 1. The molecule has 0 aliphatic rings. The van der Waals surface area contributed by atoms with Crippen LogP contribution in [0.1, 0.15) is 45.2 Å². The molecule has 5 rings (SSSR count). The Morgan fingerprint density at radius 2 is 1.71 bits per heavy atom. The van der Waals surface area contributed by atoms with E-state index in [1.54, 1.807) is 37.3 Å². The highest BCUT2D eigenvalue weighted by atomic mass is 19.4. The summed E-state index contributed by atoms with van der Waals surface area (Å²) in [5.74, 6) is -0.472. The predicted molar refractivity (Wildman–Crippen MR) is 154 cm³/mol. The summed E-state index contributed by atoms with van der Waals surface area (Å²) < 4.78 is 48.4. The third-order valence-corrected chi connectivity index (χ3v) is 7.15. The van der Waals surface area contributed by atoms with Gasteiger partial charge >= 0.3 is 12.1 Å². The Balaban J connectivity index is 1.66. The van der Waals surface area contributed by atoms with Crippen molar-refractivity contribution in [2.24, 2.45) is 0 Å². The summed E-state index contributed by atoms with van der Waals surface area (Å²) in [7, 11) is 0. The Bertz CT molecular complexity index is 1940. The minimum atomic E-state index is -4.90. The van der Waals surface area contributed by atoms with Gasteiger partial charge in [0.1, 0.15) is 17.3 Å². The number of ether oxygens (including phenoxy) is 1. The number of nitrogens with one attached hydrogen (secondary N) is 1. The molecule has 0 unspecified atom stereocenters. The Morgan fingerprint density at radius 1 is 0.976 bits per heavy atom. The second kappa shape index (κ2) is 11.1. The maximum absolute atomic E-state index is 14.0. The maximum Gasteiger partial charge on any atom is 0.417 e. The van der Waals surface area contributed by atoms with Crippen molar-refractivity contribution in [3.05, 3.63) is 117 Å². The van der Waals surface area contributed by atoms with E-state index in [1.165, 1.54) is 10.6 Å². The molecule has 6 nitrogen and oxygen atoms in total. The first-order valence-electron chi connectivity index (χ1n) is 13.2. The van der Waals surface area contributed by atoms with Crippen molar-refractivity contribution >= 4 is 16.9 Å². The summed E-state index contributed by atoms with van der Waals surface area (Å²) in [6, 6.07) is 22.0. The molecule has 212 valence electrons. The van der Waals surface area contributed by atoms with Gasteiger partial charge in [-0.25, -0.2) is 4.79 Å². The first kappa shape index (κ1) is 28.4. The summed E-state index contributed by atoms with van der Waals surface area (Å²) in [4.78, 5) is 28.7. The van der Waals surface area contributed by atoms with Crippen LogP contribution in [0, 0.1) is 25.2 Å². The lowest BCUT2D eigenvalue weighted by molar-refractivity contribution is -0.137. The van der Waals surface area contributed by atoms with E-state index in [9.17, 15) is 28.0 Å². The van der Waals surface area contributed by atoms with Gasteiger partial charge in [-0.2, -0.15) is 18.4 Å². The standard InChI is InChI=1S/C33H26F3N3O3/c1-4-42-32(41)29-15-23-11-10-22(14-28(23)38-29)21-6-5-7-24(13-21)30-16-27(33(34,35)36)26(17-37)31(40)39(30)18-25-9-8-19(2)12-20(25)3/h5-16,38H,4,18H2,1-3H3. The first-order valence-corrected chi connectivity index (χ1v) is 13.2. The molecule has 0 saturated heterocycles. The lowest BCUT2D eigenvalue weighted by atomic mass is 9.98. The maximum atomic E-state index is 14.0. The fourth-order valence-electron chi connectivity index (χ4n) is 5.05. The number of benzene rings is 3. The number of alkyl halides is 3. The molecule has 5 aromatic rings. The molecule has 9 heteroatoms. The summed E-state index contributed by atoms with van der Waals surface area (Å²) in [6.45, 7) is 5.74. The number of pyridine rings is 1. The molecule has 0 spiro atoms. The second-order valence-electron chi connectivity index (χ2n) is 10.0. The number of esters is 1. The molecule has 3 aromatic carbocycles. The monoisotopic (exact) mass is 569 g/mol. The zero-order chi connectivity index (χ0) is 30.2. The molecular weight excluding hydrogens is 543 g/mol. The van der Waals surface area contributed by atoms with Crippen molar-refractivity contribution < 1.29 is 22.7 Å². The molecule has 0 amide bonds. The number of H-pyrrole nitrogens is 1. The molecular formula is C33H26F3N3O3. The Morgan fingerprint density at radius 3 is 2.40 bits per heavy atom. The van der Waals surface area contributed by atoms with Crippen LogP contribution in [0.4, 0.5) is 13.2 Å². The van der Waals surface area contributed by atoms with Crippen LogP contribution in [0.5, 0.6) is 0 Å². The van der Waals surface area contributed by atoms with Gasteiger partial charge in [-0.05, 0) is 72.9 Å². The van der Waals surface area contributed by atoms with Crippen molar-refractivity contribution in [1.82, 2.24) is 9.55 Å². The number of aromatic nitrogens is 2. The largest absolute Gasteiger partial charge is 0.461 e. The molecule has 0 bridgehead atoms. The average molecular weight is 570 g/mol. The molecule has 0 saturated carbocycles. The fourth-order valence-corrected chi connectivity index (χ4v) is 5.05. The number of halogens is 3. The van der Waals surface area contributed by atoms with E-state index in [-0.39, 0.29) is 18.8 Å². The van der Waals surface area contributed by atoms with Crippen molar-refractivity contribution in [1.29, 1.82) is 5.26 Å². The zero-order valence-corrected chi connectivity index (χ0v) is 23.1. The van der Waals surface area contributed by atoms with Crippen LogP contribution in [-0.4, -0.2) is 22.1 Å². The molecule has 0 fully saturated rings. The molecule has 0 aliphatic carbocycles. The number of fused-ring (bicyclic) bond motifs is 1. The third kappa shape index (κ3) is 5.44. The van der Waals surface area contributed by atoms with E-state index in [1.807, 2.05) is 50.2 Å². The number of hydrogen-bond acceptors (Lipinski definition) is 4. The molecule has 1 N–H and O–H groups in total. The molecule has 0 radical (unpaired) electrons. The number of nitriles is 1. The Labute approximate surface area is 239 Å². The van der Waals surface area contributed by atoms with Crippen LogP contribution in [0.2, 0.25) is 0 Å². The van der Waals surface area contributed by atoms with E-state index in [4.69, 9.17) is 4.74 Å². The van der Waals surface area contributed by atoms with Crippen LogP contribution in [0.25, 0.3) is 33.3 Å². The molecule has 0 atom stereocenters. The SMILES string of the molecule is CCOC(=O)c1cc2ccc(-c3cccc(-c4cc(C(F)(F)F)c(C#N)c(=O)n4Cc4ccc(C)cc4C)c3)cc2[nH]1. The molecule has 42 heavy (non-hydrogen) atoms. The quantitative estimate of drug-likeness (QED) is 0.216. The number of carbonyl (C=O) groups is 1. The number of aromatic amines is 1. The fraction of sp³-hybridized carbons (Fsp3) is 0.182. The Hall–Kier alpha value is -5.10. The second-order valence-corrected chi connectivity index (χ2v) is 10.0. The summed E-state index contributed by atoms with van der Waals surface area (Å²) >= 11 is 0. The Kier molecular flexibility index (Phi) is 7.48. The molecule has 2 heterocycles. The van der Waals surface area contributed by atoms with Crippen LogP contribution < -0.4 is 5.56 Å². The van der Waals surface area contributed by atoms with Crippen LogP contribution in [0.3, 0.4) is 0 Å². The summed E-state index contributed by atoms with van der Waals surface area (Å²) in [6.07, 6.45) is -4.90. The third-order valence-electron chi connectivity index (χ3n) is 7.15. The highest BCUT2D eigenvalue weighted by Gasteiger charge is 2.36.